The van der Waals surface area contributed by atoms with E-state index >= 15 is 0 Å². The van der Waals surface area contributed by atoms with Crippen LogP contribution < -0.4 is 0 Å². The summed E-state index contributed by atoms with van der Waals surface area (Å²) in [6.45, 7) is 9.97. The van der Waals surface area contributed by atoms with Gasteiger partial charge in [0.25, 0.3) is 0 Å². The van der Waals surface area contributed by atoms with Crippen LogP contribution in [0.1, 0.15) is 47.5 Å². The molecule has 0 aromatic rings. The van der Waals surface area contributed by atoms with Crippen molar-refractivity contribution in [3.63, 3.8) is 0 Å². The molecule has 0 bridgehead atoms. The molecule has 0 aromatic heterocycles. The van der Waals surface area contributed by atoms with Crippen LogP contribution in [0, 0.1) is 0 Å². The van der Waals surface area contributed by atoms with Crippen LogP contribution in [0.15, 0.2) is 59.3 Å². The molecule has 1 heteroatoms. The molecule has 0 rings (SSSR count). The molecule has 0 aliphatic rings. The zero-order valence-corrected chi connectivity index (χ0v) is 12.9. The van der Waals surface area contributed by atoms with Crippen molar-refractivity contribution in [2.45, 2.75) is 47.5 Å². The maximum atomic E-state index is 10.7. The molecule has 0 radical (unpaired) electrons. The van der Waals surface area contributed by atoms with E-state index in [0.717, 1.165) is 18.4 Å². The lowest BCUT2D eigenvalue weighted by Crippen LogP contribution is -1.78. The van der Waals surface area contributed by atoms with Crippen LogP contribution >= 0.6 is 0 Å². The summed E-state index contributed by atoms with van der Waals surface area (Å²) in [4.78, 5) is 10.7. The van der Waals surface area contributed by atoms with Gasteiger partial charge in [0, 0.05) is 0 Å². The molecule has 0 amide bonds. The first-order valence-electron chi connectivity index (χ1n) is 6.74. The minimum absolute atomic E-state index is 0.0723. The molecule has 0 aromatic carbocycles. The Morgan fingerprint density at radius 3 is 2.11 bits per heavy atom. The molecule has 0 atom stereocenters. The van der Waals surface area contributed by atoms with E-state index in [2.05, 4.69) is 45.1 Å². The van der Waals surface area contributed by atoms with Crippen molar-refractivity contribution in [3.05, 3.63) is 59.3 Å². The summed E-state index contributed by atoms with van der Waals surface area (Å²) in [6.07, 6.45) is 16.0. The van der Waals surface area contributed by atoms with E-state index in [1.165, 1.54) is 11.1 Å². The zero-order valence-electron chi connectivity index (χ0n) is 12.9. The van der Waals surface area contributed by atoms with Crippen LogP contribution in [0.2, 0.25) is 0 Å². The fourth-order valence-corrected chi connectivity index (χ4v) is 1.43. The highest BCUT2D eigenvalue weighted by molar-refractivity contribution is 5.87. The Morgan fingerprint density at radius 2 is 1.53 bits per heavy atom. The lowest BCUT2D eigenvalue weighted by molar-refractivity contribution is -0.112. The first kappa shape index (κ1) is 17.4. The Morgan fingerprint density at radius 1 is 0.895 bits per heavy atom. The lowest BCUT2D eigenvalue weighted by atomic mass is 10.1. The molecule has 0 saturated carbocycles. The van der Waals surface area contributed by atoms with E-state index < -0.39 is 0 Å². The number of allylic oxidation sites excluding steroid dienone is 10. The number of ketones is 1. The predicted molar refractivity (Wildman–Crippen MR) is 85.1 cm³/mol. The molecule has 0 saturated heterocycles. The third-order valence-corrected chi connectivity index (χ3v) is 2.52. The first-order chi connectivity index (χ1) is 8.91. The smallest absolute Gasteiger partial charge is 0.152 e. The normalized spacial score (nSPS) is 13.3. The van der Waals surface area contributed by atoms with E-state index in [1.54, 1.807) is 19.1 Å². The van der Waals surface area contributed by atoms with Gasteiger partial charge in [-0.3, -0.25) is 4.79 Å². The van der Waals surface area contributed by atoms with Crippen molar-refractivity contribution in [1.29, 1.82) is 0 Å². The van der Waals surface area contributed by atoms with Gasteiger partial charge < -0.3 is 0 Å². The second kappa shape index (κ2) is 10.3. The van der Waals surface area contributed by atoms with Crippen molar-refractivity contribution in [3.8, 4) is 0 Å². The molecule has 0 unspecified atom stereocenters. The Bertz CT molecular complexity index is 425. The summed E-state index contributed by atoms with van der Waals surface area (Å²) in [5.74, 6) is 0.0723. The summed E-state index contributed by atoms with van der Waals surface area (Å²) in [5, 5.41) is 0. The minimum atomic E-state index is 0.0723. The van der Waals surface area contributed by atoms with Crippen LogP contribution in [0.4, 0.5) is 0 Å². The van der Waals surface area contributed by atoms with E-state index in [9.17, 15) is 4.79 Å². The summed E-state index contributed by atoms with van der Waals surface area (Å²) in [5.41, 5.74) is 3.88. The van der Waals surface area contributed by atoms with Crippen LogP contribution in [-0.2, 0) is 4.79 Å². The Labute approximate surface area is 118 Å². The number of hydrogen-bond donors (Lipinski definition) is 0. The van der Waals surface area contributed by atoms with Gasteiger partial charge in [-0.15, -0.1) is 0 Å². The molecule has 0 spiro atoms. The van der Waals surface area contributed by atoms with Gasteiger partial charge >= 0.3 is 0 Å². The summed E-state index contributed by atoms with van der Waals surface area (Å²) < 4.78 is 0. The zero-order chi connectivity index (χ0) is 14.7. The third kappa shape index (κ3) is 12.6. The number of carbonyl (C=O) groups excluding carboxylic acids is 1. The Hall–Kier alpha value is -1.63. The lowest BCUT2D eigenvalue weighted by Gasteiger charge is -1.96. The quantitative estimate of drug-likeness (QED) is 0.343. The second-order valence-electron chi connectivity index (χ2n) is 5.07. The fourth-order valence-electron chi connectivity index (χ4n) is 1.43. The molecule has 0 aliphatic carbocycles. The van der Waals surface area contributed by atoms with Gasteiger partial charge in [0.1, 0.15) is 0 Å². The van der Waals surface area contributed by atoms with Crippen LogP contribution in [-0.4, -0.2) is 5.78 Å². The van der Waals surface area contributed by atoms with Gasteiger partial charge in [0.2, 0.25) is 0 Å². The molecule has 19 heavy (non-hydrogen) atoms. The topological polar surface area (TPSA) is 17.1 Å². The highest BCUT2D eigenvalue weighted by Crippen LogP contribution is 2.07. The third-order valence-electron chi connectivity index (χ3n) is 2.52. The van der Waals surface area contributed by atoms with Gasteiger partial charge in [0.05, 0.1) is 0 Å². The van der Waals surface area contributed by atoms with Crippen molar-refractivity contribution in [2.24, 2.45) is 0 Å². The second-order valence-corrected chi connectivity index (χ2v) is 5.07. The van der Waals surface area contributed by atoms with E-state index in [4.69, 9.17) is 0 Å². The van der Waals surface area contributed by atoms with Gasteiger partial charge in [-0.2, -0.15) is 0 Å². The van der Waals surface area contributed by atoms with E-state index in [0.29, 0.717) is 0 Å². The highest BCUT2D eigenvalue weighted by Gasteiger charge is 1.87. The van der Waals surface area contributed by atoms with Crippen LogP contribution in [0.25, 0.3) is 0 Å². The molecule has 0 aliphatic heterocycles. The van der Waals surface area contributed by atoms with Gasteiger partial charge in [-0.25, -0.2) is 0 Å². The Kier molecular flexibility index (Phi) is 9.42. The SMILES string of the molecule is CC(=O)/C=C/C=C(C)/C=C/C=C(\C)CCC=C(C)C. The summed E-state index contributed by atoms with van der Waals surface area (Å²) >= 11 is 0. The average molecular weight is 258 g/mol. The maximum absolute atomic E-state index is 10.7. The predicted octanol–water partition coefficient (Wildman–Crippen LogP) is 5.33. The van der Waals surface area contributed by atoms with Gasteiger partial charge in [0.15, 0.2) is 5.78 Å². The van der Waals surface area contributed by atoms with E-state index in [-0.39, 0.29) is 5.78 Å². The molecule has 1 nitrogen and oxygen atoms in total. The largest absolute Gasteiger partial charge is 0.295 e. The van der Waals surface area contributed by atoms with Gasteiger partial charge in [-0.1, -0.05) is 53.2 Å². The first-order valence-corrected chi connectivity index (χ1v) is 6.74. The maximum Gasteiger partial charge on any atom is 0.152 e. The summed E-state index contributed by atoms with van der Waals surface area (Å²) in [6, 6.07) is 0. The van der Waals surface area contributed by atoms with Crippen LogP contribution in [0.3, 0.4) is 0 Å². The molecule has 0 heterocycles. The molecule has 0 fully saturated rings. The molecular formula is C18H26O. The monoisotopic (exact) mass is 258 g/mol. The van der Waals surface area contributed by atoms with Crippen LogP contribution in [0.5, 0.6) is 0 Å². The van der Waals surface area contributed by atoms with Crippen molar-refractivity contribution in [2.75, 3.05) is 0 Å². The number of rotatable bonds is 7. The number of hydrogen-bond acceptors (Lipinski definition) is 1. The number of carbonyl (C=O) groups is 1. The highest BCUT2D eigenvalue weighted by atomic mass is 16.1. The van der Waals surface area contributed by atoms with Crippen molar-refractivity contribution in [1.82, 2.24) is 0 Å². The van der Waals surface area contributed by atoms with E-state index in [1.807, 2.05) is 13.0 Å². The average Bonchev–Trinajstić information content (AvgIpc) is 2.27. The van der Waals surface area contributed by atoms with Crippen molar-refractivity contribution < 1.29 is 4.79 Å². The summed E-state index contributed by atoms with van der Waals surface area (Å²) in [7, 11) is 0. The standard InChI is InChI=1S/C18H26O/c1-15(2)9-6-10-16(3)11-7-12-17(4)13-8-14-18(5)19/h7-9,11-14H,6,10H2,1-5H3/b12-7+,14-8+,16-11+,17-13+. The molecule has 0 N–H and O–H groups in total. The molecular weight excluding hydrogens is 232 g/mol. The van der Waals surface area contributed by atoms with Crippen molar-refractivity contribution >= 4 is 5.78 Å². The Balaban J connectivity index is 4.25. The fraction of sp³-hybridized carbons (Fsp3) is 0.389. The molecule has 104 valence electrons. The van der Waals surface area contributed by atoms with Gasteiger partial charge in [-0.05, 0) is 53.5 Å². The minimum Gasteiger partial charge on any atom is -0.295 e.